The molecule has 2 N–H and O–H groups in total. The molecule has 2 heteroatoms. The first-order chi connectivity index (χ1) is 8.76. The molecule has 0 bridgehead atoms. The van der Waals surface area contributed by atoms with Crippen LogP contribution in [0.4, 0.5) is 0 Å². The van der Waals surface area contributed by atoms with E-state index in [1.54, 1.807) is 0 Å². The maximum absolute atomic E-state index is 6.52. The molecule has 1 saturated heterocycles. The Hall–Kier alpha value is -0.0800. The standard InChI is InChI=1S/C16H29NO/c17-13-15(7-4-5-8-15)12-14-6-11-16(18-14)9-2-1-3-10-16/h14H,1-13,17H2. The van der Waals surface area contributed by atoms with Gasteiger partial charge in [-0.2, -0.15) is 0 Å². The fourth-order valence-electron chi connectivity index (χ4n) is 4.70. The molecule has 1 heterocycles. The number of hydrogen-bond acceptors (Lipinski definition) is 2. The number of rotatable bonds is 3. The lowest BCUT2D eigenvalue weighted by molar-refractivity contribution is -0.0760. The SMILES string of the molecule is NCC1(CC2CCC3(CCCCC3)O2)CCCC1. The summed E-state index contributed by atoms with van der Waals surface area (Å²) < 4.78 is 6.52. The average molecular weight is 251 g/mol. The lowest BCUT2D eigenvalue weighted by Gasteiger charge is -2.35. The molecule has 2 saturated carbocycles. The predicted octanol–water partition coefficient (Wildman–Crippen LogP) is 3.78. The normalized spacial score (nSPS) is 34.2. The minimum atomic E-state index is 0.289. The lowest BCUT2D eigenvalue weighted by Crippen LogP contribution is -2.35. The molecule has 1 aliphatic heterocycles. The van der Waals surface area contributed by atoms with Gasteiger partial charge in [0.1, 0.15) is 0 Å². The molecular weight excluding hydrogens is 222 g/mol. The van der Waals surface area contributed by atoms with E-state index in [1.807, 2.05) is 0 Å². The Bertz CT molecular complexity index is 277. The molecule has 1 atom stereocenters. The zero-order chi connectivity index (χ0) is 12.5. The molecule has 104 valence electrons. The fraction of sp³-hybridized carbons (Fsp3) is 1.00. The van der Waals surface area contributed by atoms with Gasteiger partial charge in [-0.25, -0.2) is 0 Å². The molecule has 0 aromatic rings. The highest BCUT2D eigenvalue weighted by atomic mass is 16.5. The number of ether oxygens (including phenoxy) is 1. The van der Waals surface area contributed by atoms with Gasteiger partial charge in [0.15, 0.2) is 0 Å². The summed E-state index contributed by atoms with van der Waals surface area (Å²) in [5.74, 6) is 0. The van der Waals surface area contributed by atoms with E-state index in [4.69, 9.17) is 10.5 Å². The van der Waals surface area contributed by atoms with Crippen molar-refractivity contribution >= 4 is 0 Å². The van der Waals surface area contributed by atoms with Crippen molar-refractivity contribution in [3.63, 3.8) is 0 Å². The van der Waals surface area contributed by atoms with Crippen molar-refractivity contribution in [3.05, 3.63) is 0 Å². The molecule has 1 unspecified atom stereocenters. The fourth-order valence-corrected chi connectivity index (χ4v) is 4.70. The van der Waals surface area contributed by atoms with Gasteiger partial charge in [0.05, 0.1) is 11.7 Å². The van der Waals surface area contributed by atoms with Crippen molar-refractivity contribution in [1.29, 1.82) is 0 Å². The van der Waals surface area contributed by atoms with Crippen LogP contribution in [-0.4, -0.2) is 18.2 Å². The Balaban J connectivity index is 1.58. The Morgan fingerprint density at radius 2 is 1.56 bits per heavy atom. The van der Waals surface area contributed by atoms with Crippen molar-refractivity contribution in [2.75, 3.05) is 6.54 Å². The topological polar surface area (TPSA) is 35.2 Å². The molecule has 3 aliphatic rings. The smallest absolute Gasteiger partial charge is 0.0687 e. The summed E-state index contributed by atoms with van der Waals surface area (Å²) in [6, 6.07) is 0. The van der Waals surface area contributed by atoms with Gasteiger partial charge < -0.3 is 10.5 Å². The van der Waals surface area contributed by atoms with Crippen molar-refractivity contribution in [1.82, 2.24) is 0 Å². The second-order valence-corrected chi connectivity index (χ2v) is 7.14. The summed E-state index contributed by atoms with van der Waals surface area (Å²) in [6.45, 7) is 0.875. The van der Waals surface area contributed by atoms with Crippen LogP contribution < -0.4 is 5.73 Å². The molecular formula is C16H29NO. The Labute approximate surface area is 112 Å². The molecule has 1 spiro atoms. The zero-order valence-corrected chi connectivity index (χ0v) is 11.8. The Morgan fingerprint density at radius 1 is 0.889 bits per heavy atom. The van der Waals surface area contributed by atoms with E-state index in [-0.39, 0.29) is 5.60 Å². The van der Waals surface area contributed by atoms with Gasteiger partial charge in [-0.05, 0) is 56.9 Å². The predicted molar refractivity (Wildman–Crippen MR) is 74.5 cm³/mol. The Kier molecular flexibility index (Phi) is 3.68. The summed E-state index contributed by atoms with van der Waals surface area (Å²) >= 11 is 0. The summed E-state index contributed by atoms with van der Waals surface area (Å²) in [6.07, 6.45) is 16.6. The van der Waals surface area contributed by atoms with E-state index < -0.39 is 0 Å². The number of hydrogen-bond donors (Lipinski definition) is 1. The van der Waals surface area contributed by atoms with Gasteiger partial charge >= 0.3 is 0 Å². The number of nitrogens with two attached hydrogens (primary N) is 1. The third kappa shape index (κ3) is 2.46. The van der Waals surface area contributed by atoms with E-state index >= 15 is 0 Å². The first-order valence-corrected chi connectivity index (χ1v) is 8.14. The van der Waals surface area contributed by atoms with E-state index in [0.717, 1.165) is 6.54 Å². The first-order valence-electron chi connectivity index (χ1n) is 8.14. The monoisotopic (exact) mass is 251 g/mol. The van der Waals surface area contributed by atoms with Crippen molar-refractivity contribution in [3.8, 4) is 0 Å². The summed E-state index contributed by atoms with van der Waals surface area (Å²) in [4.78, 5) is 0. The van der Waals surface area contributed by atoms with Crippen molar-refractivity contribution in [2.45, 2.75) is 88.8 Å². The van der Waals surface area contributed by atoms with Crippen LogP contribution in [-0.2, 0) is 4.74 Å². The van der Waals surface area contributed by atoms with Crippen LogP contribution in [0.15, 0.2) is 0 Å². The van der Waals surface area contributed by atoms with Crippen LogP contribution in [0.5, 0.6) is 0 Å². The molecule has 3 fully saturated rings. The molecule has 3 rings (SSSR count). The van der Waals surface area contributed by atoms with Crippen LogP contribution in [0.2, 0.25) is 0 Å². The summed E-state index contributed by atoms with van der Waals surface area (Å²) in [5.41, 5.74) is 6.79. The van der Waals surface area contributed by atoms with Gasteiger partial charge in [0.2, 0.25) is 0 Å². The van der Waals surface area contributed by atoms with Gasteiger partial charge in [-0.1, -0.05) is 32.1 Å². The van der Waals surface area contributed by atoms with Crippen molar-refractivity contribution in [2.24, 2.45) is 11.1 Å². The van der Waals surface area contributed by atoms with E-state index in [1.165, 1.54) is 77.0 Å². The largest absolute Gasteiger partial charge is 0.372 e. The maximum Gasteiger partial charge on any atom is 0.0687 e. The minimum absolute atomic E-state index is 0.289. The van der Waals surface area contributed by atoms with E-state index in [2.05, 4.69) is 0 Å². The van der Waals surface area contributed by atoms with Gasteiger partial charge in [0.25, 0.3) is 0 Å². The lowest BCUT2D eigenvalue weighted by atomic mass is 9.80. The van der Waals surface area contributed by atoms with Gasteiger partial charge in [-0.3, -0.25) is 0 Å². The van der Waals surface area contributed by atoms with Gasteiger partial charge in [0, 0.05) is 0 Å². The average Bonchev–Trinajstić information content (AvgIpc) is 3.00. The molecule has 2 nitrogen and oxygen atoms in total. The maximum atomic E-state index is 6.52. The highest BCUT2D eigenvalue weighted by Gasteiger charge is 2.44. The van der Waals surface area contributed by atoms with Crippen LogP contribution in [0, 0.1) is 5.41 Å². The van der Waals surface area contributed by atoms with E-state index in [9.17, 15) is 0 Å². The molecule has 18 heavy (non-hydrogen) atoms. The summed E-state index contributed by atoms with van der Waals surface area (Å²) in [7, 11) is 0. The van der Waals surface area contributed by atoms with Crippen LogP contribution in [0.3, 0.4) is 0 Å². The molecule has 0 aromatic heterocycles. The van der Waals surface area contributed by atoms with Crippen LogP contribution in [0.1, 0.15) is 77.0 Å². The molecule has 0 radical (unpaired) electrons. The highest BCUT2D eigenvalue weighted by Crippen LogP contribution is 2.48. The Morgan fingerprint density at radius 3 is 2.22 bits per heavy atom. The highest BCUT2D eigenvalue weighted by molar-refractivity contribution is 4.95. The second-order valence-electron chi connectivity index (χ2n) is 7.14. The van der Waals surface area contributed by atoms with E-state index in [0.29, 0.717) is 11.5 Å². The molecule has 0 amide bonds. The van der Waals surface area contributed by atoms with Crippen molar-refractivity contribution < 1.29 is 4.74 Å². The first kappa shape index (κ1) is 12.9. The third-order valence-corrected chi connectivity index (χ3v) is 5.86. The third-order valence-electron chi connectivity index (χ3n) is 5.86. The summed E-state index contributed by atoms with van der Waals surface area (Å²) in [5, 5.41) is 0. The van der Waals surface area contributed by atoms with Gasteiger partial charge in [-0.15, -0.1) is 0 Å². The zero-order valence-electron chi connectivity index (χ0n) is 11.8. The minimum Gasteiger partial charge on any atom is -0.372 e. The van der Waals surface area contributed by atoms with Crippen LogP contribution >= 0.6 is 0 Å². The molecule has 2 aliphatic carbocycles. The quantitative estimate of drug-likeness (QED) is 0.828. The molecule has 0 aromatic carbocycles. The second kappa shape index (κ2) is 5.13. The van der Waals surface area contributed by atoms with Crippen LogP contribution in [0.25, 0.3) is 0 Å².